The molecule has 1 heterocycles. The Kier molecular flexibility index (Phi) is 1.97. The summed E-state index contributed by atoms with van der Waals surface area (Å²) < 4.78 is 5.31. The standard InChI is InChI=1S/C10H17NO/c1-6(2)3-9(11)10-7-4-12-5-8(7)10/h7-10H,1,3-5,11H2,2H3. The molecule has 0 spiro atoms. The molecule has 3 unspecified atom stereocenters. The van der Waals surface area contributed by atoms with E-state index in [4.69, 9.17) is 10.5 Å². The molecular formula is C10H17NO. The second kappa shape index (κ2) is 2.86. The molecule has 2 nitrogen and oxygen atoms in total. The molecule has 0 amide bonds. The monoisotopic (exact) mass is 167 g/mol. The van der Waals surface area contributed by atoms with Gasteiger partial charge in [-0.25, -0.2) is 0 Å². The lowest BCUT2D eigenvalue weighted by molar-refractivity contribution is 0.146. The van der Waals surface area contributed by atoms with Crippen molar-refractivity contribution in [3.05, 3.63) is 12.2 Å². The average Bonchev–Trinajstić information content (AvgIpc) is 2.45. The summed E-state index contributed by atoms with van der Waals surface area (Å²) in [6.45, 7) is 7.83. The zero-order chi connectivity index (χ0) is 8.72. The Morgan fingerprint density at radius 3 is 2.67 bits per heavy atom. The van der Waals surface area contributed by atoms with Gasteiger partial charge in [0, 0.05) is 6.04 Å². The van der Waals surface area contributed by atoms with Crippen LogP contribution in [0.5, 0.6) is 0 Å². The second-order valence-electron chi connectivity index (χ2n) is 4.27. The predicted molar refractivity (Wildman–Crippen MR) is 48.7 cm³/mol. The van der Waals surface area contributed by atoms with Gasteiger partial charge in [-0.2, -0.15) is 0 Å². The largest absolute Gasteiger partial charge is 0.381 e. The number of nitrogens with two attached hydrogens (primary N) is 1. The van der Waals surface area contributed by atoms with E-state index in [9.17, 15) is 0 Å². The molecule has 1 aliphatic carbocycles. The quantitative estimate of drug-likeness (QED) is 0.640. The first-order valence-corrected chi connectivity index (χ1v) is 4.68. The van der Waals surface area contributed by atoms with E-state index in [-0.39, 0.29) is 0 Å². The van der Waals surface area contributed by atoms with Gasteiger partial charge in [0.05, 0.1) is 13.2 Å². The fourth-order valence-corrected chi connectivity index (χ4v) is 2.46. The van der Waals surface area contributed by atoms with Gasteiger partial charge in [-0.3, -0.25) is 0 Å². The van der Waals surface area contributed by atoms with Crippen LogP contribution in [0.3, 0.4) is 0 Å². The van der Waals surface area contributed by atoms with Crippen LogP contribution in [0.1, 0.15) is 13.3 Å². The molecule has 0 aromatic heterocycles. The molecule has 2 N–H and O–H groups in total. The van der Waals surface area contributed by atoms with Crippen LogP contribution in [0.25, 0.3) is 0 Å². The molecule has 1 saturated carbocycles. The van der Waals surface area contributed by atoms with Crippen molar-refractivity contribution in [2.75, 3.05) is 13.2 Å². The van der Waals surface area contributed by atoms with Crippen molar-refractivity contribution >= 4 is 0 Å². The van der Waals surface area contributed by atoms with Gasteiger partial charge in [0.25, 0.3) is 0 Å². The third-order valence-electron chi connectivity index (χ3n) is 3.10. The van der Waals surface area contributed by atoms with Crippen molar-refractivity contribution in [1.29, 1.82) is 0 Å². The fraction of sp³-hybridized carbons (Fsp3) is 0.800. The van der Waals surface area contributed by atoms with E-state index in [2.05, 4.69) is 13.5 Å². The van der Waals surface area contributed by atoms with E-state index in [1.807, 2.05) is 0 Å². The molecule has 2 heteroatoms. The first kappa shape index (κ1) is 8.27. The smallest absolute Gasteiger partial charge is 0.0501 e. The van der Waals surface area contributed by atoms with Gasteiger partial charge in [0.15, 0.2) is 0 Å². The maximum absolute atomic E-state index is 6.05. The van der Waals surface area contributed by atoms with Crippen molar-refractivity contribution in [3.63, 3.8) is 0 Å². The lowest BCUT2D eigenvalue weighted by Gasteiger charge is -2.13. The molecule has 2 rings (SSSR count). The molecule has 0 radical (unpaired) electrons. The van der Waals surface area contributed by atoms with Crippen molar-refractivity contribution < 1.29 is 4.74 Å². The van der Waals surface area contributed by atoms with E-state index in [1.54, 1.807) is 0 Å². The van der Waals surface area contributed by atoms with Crippen molar-refractivity contribution in [1.82, 2.24) is 0 Å². The van der Waals surface area contributed by atoms with Gasteiger partial charge in [0.2, 0.25) is 0 Å². The number of rotatable bonds is 3. The zero-order valence-corrected chi connectivity index (χ0v) is 7.62. The predicted octanol–water partition coefficient (Wildman–Crippen LogP) is 1.17. The van der Waals surface area contributed by atoms with Gasteiger partial charge < -0.3 is 10.5 Å². The van der Waals surface area contributed by atoms with E-state index >= 15 is 0 Å². The lowest BCUT2D eigenvalue weighted by atomic mass is 10.0. The van der Waals surface area contributed by atoms with Gasteiger partial charge in [-0.05, 0) is 31.1 Å². The number of hydrogen-bond acceptors (Lipinski definition) is 2. The maximum atomic E-state index is 6.05. The Morgan fingerprint density at radius 2 is 2.17 bits per heavy atom. The Morgan fingerprint density at radius 1 is 1.58 bits per heavy atom. The molecule has 1 aliphatic heterocycles. The second-order valence-corrected chi connectivity index (χ2v) is 4.27. The highest BCUT2D eigenvalue weighted by Gasteiger charge is 2.56. The summed E-state index contributed by atoms with van der Waals surface area (Å²) in [5, 5.41) is 0. The van der Waals surface area contributed by atoms with Crippen molar-refractivity contribution in [2.45, 2.75) is 19.4 Å². The van der Waals surface area contributed by atoms with E-state index in [0.717, 1.165) is 37.4 Å². The normalized spacial score (nSPS) is 40.7. The summed E-state index contributed by atoms with van der Waals surface area (Å²) in [6.07, 6.45) is 0.984. The topological polar surface area (TPSA) is 35.2 Å². The third-order valence-corrected chi connectivity index (χ3v) is 3.10. The molecule has 2 aliphatic rings. The number of hydrogen-bond donors (Lipinski definition) is 1. The Hall–Kier alpha value is -0.340. The van der Waals surface area contributed by atoms with Crippen LogP contribution in [0, 0.1) is 17.8 Å². The summed E-state index contributed by atoms with van der Waals surface area (Å²) in [7, 11) is 0. The first-order valence-electron chi connectivity index (χ1n) is 4.68. The zero-order valence-electron chi connectivity index (χ0n) is 7.62. The molecule has 3 atom stereocenters. The van der Waals surface area contributed by atoms with E-state index < -0.39 is 0 Å². The highest BCUT2D eigenvalue weighted by Crippen LogP contribution is 2.52. The summed E-state index contributed by atoms with van der Waals surface area (Å²) in [5.74, 6) is 2.29. The van der Waals surface area contributed by atoms with Crippen LogP contribution in [0.2, 0.25) is 0 Å². The Bertz CT molecular complexity index is 192. The molecule has 68 valence electrons. The van der Waals surface area contributed by atoms with Crippen LogP contribution < -0.4 is 5.73 Å². The van der Waals surface area contributed by atoms with Gasteiger partial charge >= 0.3 is 0 Å². The number of ether oxygens (including phenoxy) is 1. The Balaban J connectivity index is 1.83. The minimum Gasteiger partial charge on any atom is -0.381 e. The summed E-state index contributed by atoms with van der Waals surface area (Å²) >= 11 is 0. The van der Waals surface area contributed by atoms with Crippen LogP contribution >= 0.6 is 0 Å². The van der Waals surface area contributed by atoms with Crippen molar-refractivity contribution in [2.24, 2.45) is 23.5 Å². The molecule has 12 heavy (non-hydrogen) atoms. The van der Waals surface area contributed by atoms with Crippen LogP contribution in [0.4, 0.5) is 0 Å². The molecule has 0 aromatic rings. The number of fused-ring (bicyclic) bond motifs is 1. The van der Waals surface area contributed by atoms with Crippen LogP contribution in [0.15, 0.2) is 12.2 Å². The molecular weight excluding hydrogens is 150 g/mol. The van der Waals surface area contributed by atoms with E-state index in [0.29, 0.717) is 6.04 Å². The van der Waals surface area contributed by atoms with E-state index in [1.165, 1.54) is 5.57 Å². The average molecular weight is 167 g/mol. The highest BCUT2D eigenvalue weighted by molar-refractivity contribution is 5.08. The summed E-state index contributed by atoms with van der Waals surface area (Å²) in [5.41, 5.74) is 7.26. The lowest BCUT2D eigenvalue weighted by Crippen LogP contribution is -2.26. The Labute approximate surface area is 73.8 Å². The molecule has 2 fully saturated rings. The fourth-order valence-electron chi connectivity index (χ4n) is 2.46. The van der Waals surface area contributed by atoms with Crippen LogP contribution in [-0.4, -0.2) is 19.3 Å². The SMILES string of the molecule is C=C(C)CC(N)C1C2COCC21. The molecule has 0 aromatic carbocycles. The van der Waals surface area contributed by atoms with Gasteiger partial charge in [-0.15, -0.1) is 6.58 Å². The minimum absolute atomic E-state index is 0.335. The van der Waals surface area contributed by atoms with Gasteiger partial charge in [0.1, 0.15) is 0 Å². The maximum Gasteiger partial charge on any atom is 0.0501 e. The summed E-state index contributed by atoms with van der Waals surface area (Å²) in [6, 6.07) is 0.335. The summed E-state index contributed by atoms with van der Waals surface area (Å²) in [4.78, 5) is 0. The van der Waals surface area contributed by atoms with Crippen LogP contribution in [-0.2, 0) is 4.74 Å². The minimum atomic E-state index is 0.335. The highest BCUT2D eigenvalue weighted by atomic mass is 16.5. The molecule has 0 bridgehead atoms. The third kappa shape index (κ3) is 1.29. The first-order chi connectivity index (χ1) is 5.70. The molecule has 1 saturated heterocycles. The van der Waals surface area contributed by atoms with Gasteiger partial charge in [-0.1, -0.05) is 5.57 Å². The van der Waals surface area contributed by atoms with Crippen molar-refractivity contribution in [3.8, 4) is 0 Å².